The molecule has 3 amide bonds. The van der Waals surface area contributed by atoms with Crippen molar-refractivity contribution in [2.75, 3.05) is 0 Å². The van der Waals surface area contributed by atoms with Gasteiger partial charge in [0.25, 0.3) is 5.91 Å². The van der Waals surface area contributed by atoms with Gasteiger partial charge in [-0.2, -0.15) is 0 Å². The van der Waals surface area contributed by atoms with E-state index in [0.717, 1.165) is 27.5 Å². The number of aromatic nitrogens is 1. The van der Waals surface area contributed by atoms with Gasteiger partial charge in [-0.15, -0.1) is 0 Å². The maximum absolute atomic E-state index is 13.9. The summed E-state index contributed by atoms with van der Waals surface area (Å²) in [5.74, 6) is -0.943. The van der Waals surface area contributed by atoms with Gasteiger partial charge in [-0.3, -0.25) is 9.69 Å². The fraction of sp³-hybridized carbons (Fsp3) is 0.130. The van der Waals surface area contributed by atoms with Gasteiger partial charge in [-0.05, 0) is 61.9 Å². The molecule has 0 aliphatic carbocycles. The van der Waals surface area contributed by atoms with Crippen molar-refractivity contribution in [3.8, 4) is 5.69 Å². The van der Waals surface area contributed by atoms with E-state index in [1.54, 1.807) is 24.3 Å². The number of halogens is 2. The number of amides is 3. The van der Waals surface area contributed by atoms with Gasteiger partial charge < -0.3 is 9.88 Å². The molecule has 0 radical (unpaired) electrons. The molecule has 30 heavy (non-hydrogen) atoms. The van der Waals surface area contributed by atoms with Crippen LogP contribution in [0.5, 0.6) is 0 Å². The molecule has 7 heteroatoms. The fourth-order valence-corrected chi connectivity index (χ4v) is 3.71. The minimum Gasteiger partial charge on any atom is -0.318 e. The van der Waals surface area contributed by atoms with Crippen LogP contribution in [0, 0.1) is 19.7 Å². The molecule has 1 aliphatic rings. The Hall–Kier alpha value is -3.38. The number of urea groups is 1. The summed E-state index contributed by atoms with van der Waals surface area (Å²) >= 11 is 5.98. The van der Waals surface area contributed by atoms with Crippen LogP contribution in [0.3, 0.4) is 0 Å². The van der Waals surface area contributed by atoms with Gasteiger partial charge in [0.1, 0.15) is 11.5 Å². The molecule has 5 nitrogen and oxygen atoms in total. The van der Waals surface area contributed by atoms with Crippen LogP contribution in [0.4, 0.5) is 9.18 Å². The number of rotatable bonds is 4. The van der Waals surface area contributed by atoms with E-state index in [-0.39, 0.29) is 17.8 Å². The van der Waals surface area contributed by atoms with E-state index >= 15 is 0 Å². The van der Waals surface area contributed by atoms with Gasteiger partial charge >= 0.3 is 6.03 Å². The molecule has 0 saturated carbocycles. The molecule has 0 atom stereocenters. The summed E-state index contributed by atoms with van der Waals surface area (Å²) in [6, 6.07) is 14.9. The van der Waals surface area contributed by atoms with Crippen molar-refractivity contribution >= 4 is 29.6 Å². The third-order valence-electron chi connectivity index (χ3n) is 5.10. The Morgan fingerprint density at radius 2 is 1.77 bits per heavy atom. The highest BCUT2D eigenvalue weighted by Gasteiger charge is 2.34. The third kappa shape index (κ3) is 3.62. The summed E-state index contributed by atoms with van der Waals surface area (Å²) in [5.41, 5.74) is 4.08. The van der Waals surface area contributed by atoms with Crippen LogP contribution in [-0.4, -0.2) is 21.4 Å². The number of nitrogens with zero attached hydrogens (tertiary/aromatic N) is 2. The van der Waals surface area contributed by atoms with Crippen LogP contribution >= 0.6 is 11.6 Å². The molecule has 1 saturated heterocycles. The smallest absolute Gasteiger partial charge is 0.318 e. The topological polar surface area (TPSA) is 54.3 Å². The number of hydrogen-bond acceptors (Lipinski definition) is 2. The first-order valence-electron chi connectivity index (χ1n) is 9.38. The molecule has 0 bridgehead atoms. The van der Waals surface area contributed by atoms with E-state index in [1.807, 2.05) is 48.7 Å². The maximum Gasteiger partial charge on any atom is 0.329 e. The molecule has 2 aromatic carbocycles. The van der Waals surface area contributed by atoms with Crippen LogP contribution < -0.4 is 5.32 Å². The molecule has 1 aliphatic heterocycles. The predicted molar refractivity (Wildman–Crippen MR) is 114 cm³/mol. The lowest BCUT2D eigenvalue weighted by Crippen LogP contribution is -2.30. The second kappa shape index (κ2) is 7.80. The first kappa shape index (κ1) is 19.9. The molecule has 1 N–H and O–H groups in total. The van der Waals surface area contributed by atoms with Gasteiger partial charge in [-0.25, -0.2) is 9.18 Å². The quantitative estimate of drug-likeness (QED) is 0.475. The van der Waals surface area contributed by atoms with Crippen molar-refractivity contribution in [3.63, 3.8) is 0 Å². The Bertz CT molecular complexity index is 1180. The Morgan fingerprint density at radius 1 is 1.07 bits per heavy atom. The van der Waals surface area contributed by atoms with Gasteiger partial charge in [0.15, 0.2) is 0 Å². The first-order valence-corrected chi connectivity index (χ1v) is 9.76. The maximum atomic E-state index is 13.9. The molecule has 0 unspecified atom stereocenters. The summed E-state index contributed by atoms with van der Waals surface area (Å²) in [6.07, 6.45) is 1.65. The van der Waals surface area contributed by atoms with Crippen molar-refractivity contribution in [2.45, 2.75) is 20.4 Å². The van der Waals surface area contributed by atoms with Crippen LogP contribution in [0.1, 0.15) is 22.5 Å². The van der Waals surface area contributed by atoms with E-state index < -0.39 is 17.8 Å². The number of nitrogens with one attached hydrogen (secondary N) is 1. The Labute approximate surface area is 178 Å². The van der Waals surface area contributed by atoms with Crippen molar-refractivity contribution in [3.05, 3.63) is 93.6 Å². The van der Waals surface area contributed by atoms with Crippen LogP contribution in [-0.2, 0) is 11.3 Å². The van der Waals surface area contributed by atoms with Crippen molar-refractivity contribution in [1.82, 2.24) is 14.8 Å². The first-order chi connectivity index (χ1) is 14.3. The van der Waals surface area contributed by atoms with E-state index in [2.05, 4.69) is 5.32 Å². The molecule has 152 valence electrons. The summed E-state index contributed by atoms with van der Waals surface area (Å²) in [6.45, 7) is 3.77. The third-order valence-corrected chi connectivity index (χ3v) is 5.36. The van der Waals surface area contributed by atoms with Crippen molar-refractivity contribution < 1.29 is 14.0 Å². The molecular formula is C23H19ClFN3O2. The van der Waals surface area contributed by atoms with Crippen molar-refractivity contribution in [1.29, 1.82) is 0 Å². The normalized spacial score (nSPS) is 15.2. The van der Waals surface area contributed by atoms with E-state index in [4.69, 9.17) is 11.6 Å². The van der Waals surface area contributed by atoms with E-state index in [1.165, 1.54) is 6.07 Å². The monoisotopic (exact) mass is 423 g/mol. The number of aryl methyl sites for hydroxylation is 1. The zero-order valence-electron chi connectivity index (χ0n) is 16.4. The minimum absolute atomic E-state index is 0.127. The Balaban J connectivity index is 1.63. The highest BCUT2D eigenvalue weighted by atomic mass is 35.5. The number of hydrogen-bond donors (Lipinski definition) is 1. The molecule has 1 aromatic heterocycles. The van der Waals surface area contributed by atoms with Gasteiger partial charge in [0.2, 0.25) is 0 Å². The van der Waals surface area contributed by atoms with Crippen LogP contribution in [0.2, 0.25) is 5.02 Å². The zero-order chi connectivity index (χ0) is 21.4. The molecule has 1 fully saturated rings. The SMILES string of the molecule is Cc1cc(/C=C2\NC(=O)N(Cc3ccccc3F)C2=O)c(C)n1-c1ccc(Cl)cc1. The molecule has 3 aromatic rings. The number of imide groups is 1. The summed E-state index contributed by atoms with van der Waals surface area (Å²) < 4.78 is 16.0. The lowest BCUT2D eigenvalue weighted by molar-refractivity contribution is -0.123. The average molecular weight is 424 g/mol. The van der Waals surface area contributed by atoms with E-state index in [9.17, 15) is 14.0 Å². The highest BCUT2D eigenvalue weighted by molar-refractivity contribution is 6.30. The average Bonchev–Trinajstić information content (AvgIpc) is 3.14. The molecular weight excluding hydrogens is 405 g/mol. The van der Waals surface area contributed by atoms with E-state index in [0.29, 0.717) is 5.02 Å². The summed E-state index contributed by atoms with van der Waals surface area (Å²) in [7, 11) is 0. The Kier molecular flexibility index (Phi) is 5.18. The lowest BCUT2D eigenvalue weighted by Gasteiger charge is -2.12. The Morgan fingerprint density at radius 3 is 2.47 bits per heavy atom. The molecule has 4 rings (SSSR count). The summed E-state index contributed by atoms with van der Waals surface area (Å²) in [4.78, 5) is 26.1. The van der Waals surface area contributed by atoms with Crippen LogP contribution in [0.15, 0.2) is 60.3 Å². The number of carbonyl (C=O) groups is 2. The number of benzene rings is 2. The summed E-state index contributed by atoms with van der Waals surface area (Å²) in [5, 5.41) is 3.25. The lowest BCUT2D eigenvalue weighted by atomic mass is 10.2. The number of carbonyl (C=O) groups excluding carboxylic acids is 2. The molecule has 2 heterocycles. The second-order valence-electron chi connectivity index (χ2n) is 7.11. The van der Waals surface area contributed by atoms with Gasteiger partial charge in [-0.1, -0.05) is 29.8 Å². The fourth-order valence-electron chi connectivity index (χ4n) is 3.59. The predicted octanol–water partition coefficient (Wildman–Crippen LogP) is 4.98. The van der Waals surface area contributed by atoms with Crippen LogP contribution in [0.25, 0.3) is 11.8 Å². The minimum atomic E-state index is -0.569. The van der Waals surface area contributed by atoms with Gasteiger partial charge in [0.05, 0.1) is 6.54 Å². The largest absolute Gasteiger partial charge is 0.329 e. The molecule has 0 spiro atoms. The van der Waals surface area contributed by atoms with Gasteiger partial charge in [0, 0.05) is 27.7 Å². The zero-order valence-corrected chi connectivity index (χ0v) is 17.2. The standard InChI is InChI=1S/C23H19ClFN3O2/c1-14-11-17(15(2)28(14)19-9-7-18(24)8-10-19)12-21-22(29)27(23(30)26-21)13-16-5-3-4-6-20(16)25/h3-12H,13H2,1-2H3,(H,26,30)/b21-12-. The van der Waals surface area contributed by atoms with Crippen molar-refractivity contribution in [2.24, 2.45) is 0 Å². The highest BCUT2D eigenvalue weighted by Crippen LogP contribution is 2.25. The second-order valence-corrected chi connectivity index (χ2v) is 7.55.